The van der Waals surface area contributed by atoms with Crippen molar-refractivity contribution in [3.63, 3.8) is 0 Å². The average molecular weight is 269 g/mol. The van der Waals surface area contributed by atoms with Gasteiger partial charge in [0.05, 0.1) is 6.54 Å². The van der Waals surface area contributed by atoms with E-state index in [1.165, 1.54) is 13.8 Å². The monoisotopic (exact) mass is 269 g/mol. The van der Waals surface area contributed by atoms with Crippen molar-refractivity contribution in [2.24, 2.45) is 0 Å². The van der Waals surface area contributed by atoms with Crippen LogP contribution in [0.25, 0.3) is 0 Å². The van der Waals surface area contributed by atoms with E-state index in [1.807, 2.05) is 6.92 Å². The normalized spacial score (nSPS) is 15.3. The molecule has 0 bridgehead atoms. The van der Waals surface area contributed by atoms with Crippen LogP contribution in [0.15, 0.2) is 0 Å². The van der Waals surface area contributed by atoms with Gasteiger partial charge in [0.1, 0.15) is 0 Å². The SMILES string of the molecule is CCCN(CC(=O)N1CCN(C(C)=O)CC1)C(C)=O. The van der Waals surface area contributed by atoms with Gasteiger partial charge in [0.2, 0.25) is 17.7 Å². The molecule has 6 nitrogen and oxygen atoms in total. The van der Waals surface area contributed by atoms with Crippen LogP contribution >= 0.6 is 0 Å². The van der Waals surface area contributed by atoms with E-state index in [1.54, 1.807) is 14.7 Å². The van der Waals surface area contributed by atoms with Crippen LogP contribution in [0.3, 0.4) is 0 Å². The van der Waals surface area contributed by atoms with E-state index in [2.05, 4.69) is 0 Å². The van der Waals surface area contributed by atoms with Crippen LogP contribution in [0.1, 0.15) is 27.2 Å². The summed E-state index contributed by atoms with van der Waals surface area (Å²) >= 11 is 0. The first-order chi connectivity index (χ1) is 8.95. The number of carbonyl (C=O) groups excluding carboxylic acids is 3. The molecule has 0 atom stereocenters. The van der Waals surface area contributed by atoms with Gasteiger partial charge in [0.15, 0.2) is 0 Å². The molecule has 0 radical (unpaired) electrons. The molecule has 0 saturated carbocycles. The third kappa shape index (κ3) is 4.54. The van der Waals surface area contributed by atoms with Gasteiger partial charge in [0.25, 0.3) is 0 Å². The zero-order chi connectivity index (χ0) is 14.4. The summed E-state index contributed by atoms with van der Waals surface area (Å²) in [4.78, 5) is 39.7. The Bertz CT molecular complexity index is 349. The molecule has 0 N–H and O–H groups in total. The maximum absolute atomic E-state index is 12.1. The van der Waals surface area contributed by atoms with Gasteiger partial charge in [-0.2, -0.15) is 0 Å². The molecule has 1 heterocycles. The molecule has 1 aliphatic heterocycles. The molecule has 0 spiro atoms. The molecular weight excluding hydrogens is 246 g/mol. The van der Waals surface area contributed by atoms with Crippen LogP contribution in [0.4, 0.5) is 0 Å². The number of piperazine rings is 1. The topological polar surface area (TPSA) is 60.9 Å². The van der Waals surface area contributed by atoms with Crippen molar-refractivity contribution < 1.29 is 14.4 Å². The second-order valence-electron chi connectivity index (χ2n) is 4.83. The minimum absolute atomic E-state index is 0.0353. The van der Waals surface area contributed by atoms with E-state index >= 15 is 0 Å². The molecule has 0 unspecified atom stereocenters. The highest BCUT2D eigenvalue weighted by atomic mass is 16.2. The first-order valence-electron chi connectivity index (χ1n) is 6.74. The summed E-state index contributed by atoms with van der Waals surface area (Å²) in [6, 6.07) is 0. The Balaban J connectivity index is 2.46. The number of rotatable bonds is 4. The standard InChI is InChI=1S/C13H23N3O3/c1-4-5-16(12(3)18)10-13(19)15-8-6-14(7-9-15)11(2)17/h4-10H2,1-3H3. The molecular formula is C13H23N3O3. The molecule has 0 aliphatic carbocycles. The fourth-order valence-electron chi connectivity index (χ4n) is 2.15. The smallest absolute Gasteiger partial charge is 0.242 e. The van der Waals surface area contributed by atoms with Gasteiger partial charge in [-0.3, -0.25) is 14.4 Å². The molecule has 0 aromatic rings. The van der Waals surface area contributed by atoms with Crippen molar-refractivity contribution in [3.8, 4) is 0 Å². The first-order valence-corrected chi connectivity index (χ1v) is 6.74. The Hall–Kier alpha value is -1.59. The fourth-order valence-corrected chi connectivity index (χ4v) is 2.15. The lowest BCUT2D eigenvalue weighted by Crippen LogP contribution is -2.52. The third-order valence-electron chi connectivity index (χ3n) is 3.34. The Labute approximate surface area is 114 Å². The lowest BCUT2D eigenvalue weighted by Gasteiger charge is -2.35. The predicted molar refractivity (Wildman–Crippen MR) is 71.4 cm³/mol. The van der Waals surface area contributed by atoms with Gasteiger partial charge in [0, 0.05) is 46.6 Å². The van der Waals surface area contributed by atoms with Crippen molar-refractivity contribution in [2.45, 2.75) is 27.2 Å². The van der Waals surface area contributed by atoms with Crippen LogP contribution in [0.5, 0.6) is 0 Å². The second-order valence-corrected chi connectivity index (χ2v) is 4.83. The maximum atomic E-state index is 12.1. The Morgan fingerprint density at radius 1 is 1.00 bits per heavy atom. The van der Waals surface area contributed by atoms with Gasteiger partial charge in [-0.05, 0) is 6.42 Å². The molecule has 1 saturated heterocycles. The zero-order valence-electron chi connectivity index (χ0n) is 12.0. The summed E-state index contributed by atoms with van der Waals surface area (Å²) < 4.78 is 0. The number of amides is 3. The number of nitrogens with zero attached hydrogens (tertiary/aromatic N) is 3. The van der Waals surface area contributed by atoms with E-state index < -0.39 is 0 Å². The van der Waals surface area contributed by atoms with Crippen LogP contribution in [0.2, 0.25) is 0 Å². The lowest BCUT2D eigenvalue weighted by molar-refractivity contribution is -0.142. The zero-order valence-corrected chi connectivity index (χ0v) is 12.0. The van der Waals surface area contributed by atoms with Crippen molar-refractivity contribution in [1.29, 1.82) is 0 Å². The summed E-state index contributed by atoms with van der Waals surface area (Å²) in [6.45, 7) is 8.01. The Morgan fingerprint density at radius 2 is 1.53 bits per heavy atom. The molecule has 3 amide bonds. The summed E-state index contributed by atoms with van der Waals surface area (Å²) in [5.41, 5.74) is 0. The molecule has 1 aliphatic rings. The van der Waals surface area contributed by atoms with Crippen molar-refractivity contribution >= 4 is 17.7 Å². The van der Waals surface area contributed by atoms with Gasteiger partial charge < -0.3 is 14.7 Å². The van der Waals surface area contributed by atoms with E-state index in [0.717, 1.165) is 6.42 Å². The lowest BCUT2D eigenvalue weighted by atomic mass is 10.3. The van der Waals surface area contributed by atoms with Crippen molar-refractivity contribution in [3.05, 3.63) is 0 Å². The molecule has 108 valence electrons. The summed E-state index contributed by atoms with van der Waals surface area (Å²) in [5, 5.41) is 0. The Kier molecular flexibility index (Phi) is 5.79. The quantitative estimate of drug-likeness (QED) is 0.718. The van der Waals surface area contributed by atoms with E-state index in [-0.39, 0.29) is 24.3 Å². The van der Waals surface area contributed by atoms with E-state index in [4.69, 9.17) is 0 Å². The molecule has 0 aromatic heterocycles. The van der Waals surface area contributed by atoms with Crippen LogP contribution in [0, 0.1) is 0 Å². The highest BCUT2D eigenvalue weighted by Crippen LogP contribution is 2.04. The van der Waals surface area contributed by atoms with Crippen molar-refractivity contribution in [1.82, 2.24) is 14.7 Å². The fraction of sp³-hybridized carbons (Fsp3) is 0.769. The first kappa shape index (κ1) is 15.5. The molecule has 1 rings (SSSR count). The highest BCUT2D eigenvalue weighted by Gasteiger charge is 2.24. The maximum Gasteiger partial charge on any atom is 0.242 e. The molecule has 6 heteroatoms. The van der Waals surface area contributed by atoms with Crippen LogP contribution < -0.4 is 0 Å². The largest absolute Gasteiger partial charge is 0.339 e. The van der Waals surface area contributed by atoms with Gasteiger partial charge in [-0.25, -0.2) is 0 Å². The number of hydrogen-bond acceptors (Lipinski definition) is 3. The average Bonchev–Trinajstić information content (AvgIpc) is 2.38. The van der Waals surface area contributed by atoms with E-state index in [0.29, 0.717) is 32.7 Å². The summed E-state index contributed by atoms with van der Waals surface area (Å²) in [7, 11) is 0. The van der Waals surface area contributed by atoms with Crippen LogP contribution in [-0.4, -0.2) is 71.7 Å². The minimum Gasteiger partial charge on any atom is -0.339 e. The highest BCUT2D eigenvalue weighted by molar-refractivity contribution is 5.84. The second kappa shape index (κ2) is 7.11. The Morgan fingerprint density at radius 3 is 1.95 bits per heavy atom. The summed E-state index contributed by atoms with van der Waals surface area (Å²) in [6.07, 6.45) is 0.838. The number of carbonyl (C=O) groups is 3. The molecule has 19 heavy (non-hydrogen) atoms. The minimum atomic E-state index is -0.0717. The van der Waals surface area contributed by atoms with Gasteiger partial charge in [-0.15, -0.1) is 0 Å². The van der Waals surface area contributed by atoms with Crippen molar-refractivity contribution in [2.75, 3.05) is 39.3 Å². The predicted octanol–water partition coefficient (Wildman–Crippen LogP) is -0.0644. The van der Waals surface area contributed by atoms with Gasteiger partial charge >= 0.3 is 0 Å². The number of hydrogen-bond donors (Lipinski definition) is 0. The van der Waals surface area contributed by atoms with Crippen LogP contribution in [-0.2, 0) is 14.4 Å². The van der Waals surface area contributed by atoms with Gasteiger partial charge in [-0.1, -0.05) is 6.92 Å². The molecule has 1 fully saturated rings. The summed E-state index contributed by atoms with van der Waals surface area (Å²) in [5.74, 6) is -0.0622. The molecule has 0 aromatic carbocycles. The van der Waals surface area contributed by atoms with E-state index in [9.17, 15) is 14.4 Å². The third-order valence-corrected chi connectivity index (χ3v) is 3.34.